The Kier molecular flexibility index (Phi) is 32.2. The lowest BCUT2D eigenvalue weighted by molar-refractivity contribution is -0.981. The van der Waals surface area contributed by atoms with Crippen molar-refractivity contribution < 1.29 is 29.8 Å². The molecule has 0 fully saturated rings. The zero-order valence-electron chi connectivity index (χ0n) is 22.0. The molecule has 4 N–H and O–H groups in total. The summed E-state index contributed by atoms with van der Waals surface area (Å²) in [5.41, 5.74) is 5.68. The van der Waals surface area contributed by atoms with Gasteiger partial charge in [0, 0.05) is 13.0 Å². The third-order valence-electron chi connectivity index (χ3n) is 5.19. The summed E-state index contributed by atoms with van der Waals surface area (Å²) in [6, 6.07) is 0. The summed E-state index contributed by atoms with van der Waals surface area (Å²) in [4.78, 5) is 30.1. The van der Waals surface area contributed by atoms with E-state index >= 15 is 0 Å². The highest BCUT2D eigenvalue weighted by Gasteiger charge is 2.09. The van der Waals surface area contributed by atoms with E-state index in [1.54, 1.807) is 0 Å². The number of aliphatic hydroxyl groups excluding tert-OH is 2. The number of nitrogens with one attached hydrogen (secondary N) is 2. The van der Waals surface area contributed by atoms with Gasteiger partial charge < -0.3 is 10.2 Å². The fraction of sp³-hybridized carbons (Fsp3) is 0.960. The molecule has 0 spiro atoms. The van der Waals surface area contributed by atoms with Gasteiger partial charge in [0.15, 0.2) is 13.2 Å². The lowest BCUT2D eigenvalue weighted by Crippen LogP contribution is -2.37. The van der Waals surface area contributed by atoms with Gasteiger partial charge in [-0.05, 0) is 12.8 Å². The van der Waals surface area contributed by atoms with Crippen LogP contribution < -0.4 is 10.9 Å². The largest absolute Gasteiger partial charge is 0.477 e. The Hall–Kier alpha value is -1.45. The molecule has 0 saturated carbocycles. The molecule has 0 heterocycles. The normalized spacial score (nSPS) is 10.4. The first-order chi connectivity index (χ1) is 16.6. The fourth-order valence-electron chi connectivity index (χ4n) is 3.27. The van der Waals surface area contributed by atoms with Gasteiger partial charge in [0.1, 0.15) is 4.91 Å². The standard InChI is InChI=1S/C21H44N2O.C4H10NO5/c1-3-5-6-7-8-9-10-11-12-13-14-15-16-17-18-19-21(24)23-22-20-4-2;6-1-3-9-5(8)10-4-2-7/h22H,3-20H2,1-2H3,(H,23,24);6-7H,1-4H2/q;+1. The van der Waals surface area contributed by atoms with Crippen molar-refractivity contribution >= 4 is 5.91 Å². The van der Waals surface area contributed by atoms with Crippen LogP contribution in [0, 0.1) is 4.91 Å². The lowest BCUT2D eigenvalue weighted by atomic mass is 10.0. The Morgan fingerprint density at radius 2 is 1.09 bits per heavy atom. The smallest absolute Gasteiger partial charge is 0.393 e. The van der Waals surface area contributed by atoms with Crippen LogP contribution in [-0.2, 0) is 14.5 Å². The summed E-state index contributed by atoms with van der Waals surface area (Å²) >= 11 is 0. The minimum absolute atomic E-state index is 0.116. The molecular weight excluding hydrogens is 438 g/mol. The van der Waals surface area contributed by atoms with Gasteiger partial charge in [-0.3, -0.25) is 10.2 Å². The van der Waals surface area contributed by atoms with Crippen LogP contribution in [-0.4, -0.2) is 54.2 Å². The highest BCUT2D eigenvalue weighted by atomic mass is 17.0. The maximum atomic E-state index is 11.5. The Morgan fingerprint density at radius 3 is 1.47 bits per heavy atom. The van der Waals surface area contributed by atoms with E-state index in [2.05, 4.69) is 34.4 Å². The molecule has 0 aliphatic carbocycles. The van der Waals surface area contributed by atoms with Crippen molar-refractivity contribution in [1.82, 2.24) is 10.9 Å². The monoisotopic (exact) mass is 492 g/mol. The first kappa shape index (κ1) is 34.7. The number of amides is 1. The molecule has 0 aromatic rings. The first-order valence-corrected chi connectivity index (χ1v) is 13.6. The van der Waals surface area contributed by atoms with E-state index in [-0.39, 0.29) is 37.4 Å². The van der Waals surface area contributed by atoms with Crippen molar-refractivity contribution in [3.63, 3.8) is 0 Å². The van der Waals surface area contributed by atoms with Crippen molar-refractivity contribution in [3.8, 4) is 0 Å². The summed E-state index contributed by atoms with van der Waals surface area (Å²) in [5.74, 6) is 0.137. The molecule has 0 aliphatic rings. The van der Waals surface area contributed by atoms with Crippen LogP contribution >= 0.6 is 0 Å². The van der Waals surface area contributed by atoms with Crippen LogP contribution in [0.4, 0.5) is 0 Å². The third kappa shape index (κ3) is 32.7. The van der Waals surface area contributed by atoms with Gasteiger partial charge in [-0.25, -0.2) is 5.43 Å². The molecule has 9 nitrogen and oxygen atoms in total. The SMILES string of the molecule is CCCCCCCCCCCCCCCCCC(=O)NNCCC.O=[N+](OCCO)OCCO. The average Bonchev–Trinajstić information content (AvgIpc) is 2.84. The molecule has 0 rings (SSSR count). The molecule has 0 radical (unpaired) electrons. The minimum atomic E-state index is -0.249. The lowest BCUT2D eigenvalue weighted by Gasteiger charge is -2.06. The van der Waals surface area contributed by atoms with Crippen molar-refractivity contribution in [2.24, 2.45) is 0 Å². The number of hydrogen-bond donors (Lipinski definition) is 4. The molecule has 0 aromatic heterocycles. The third-order valence-corrected chi connectivity index (χ3v) is 5.19. The molecular formula is C25H54N3O6+. The second-order valence-electron chi connectivity index (χ2n) is 8.51. The van der Waals surface area contributed by atoms with Crippen molar-refractivity contribution in [1.29, 1.82) is 0 Å². The van der Waals surface area contributed by atoms with Crippen LogP contribution in [0.2, 0.25) is 0 Å². The van der Waals surface area contributed by atoms with E-state index in [1.807, 2.05) is 0 Å². The number of aliphatic hydroxyl groups is 2. The van der Waals surface area contributed by atoms with Crippen molar-refractivity contribution in [2.45, 2.75) is 123 Å². The number of carbonyl (C=O) groups excluding carboxylic acids is 1. The summed E-state index contributed by atoms with van der Waals surface area (Å²) in [5, 5.41) is 16.1. The van der Waals surface area contributed by atoms with Crippen LogP contribution in [0.3, 0.4) is 0 Å². The molecule has 0 unspecified atom stereocenters. The molecule has 0 aromatic carbocycles. The van der Waals surface area contributed by atoms with Crippen LogP contribution in [0.25, 0.3) is 0 Å². The van der Waals surface area contributed by atoms with Gasteiger partial charge in [-0.1, -0.05) is 104 Å². The number of nitrogens with zero attached hydrogens (tertiary/aromatic N) is 1. The topological polar surface area (TPSA) is 120 Å². The second kappa shape index (κ2) is 31.5. The molecule has 0 bridgehead atoms. The molecule has 204 valence electrons. The average molecular weight is 493 g/mol. The van der Waals surface area contributed by atoms with Gasteiger partial charge in [0.2, 0.25) is 5.91 Å². The zero-order chi connectivity index (χ0) is 25.5. The van der Waals surface area contributed by atoms with E-state index in [9.17, 15) is 9.70 Å². The van der Waals surface area contributed by atoms with E-state index in [0.717, 1.165) is 19.4 Å². The predicted octanol–water partition coefficient (Wildman–Crippen LogP) is 4.89. The number of rotatable bonds is 25. The van der Waals surface area contributed by atoms with Gasteiger partial charge in [-0.2, -0.15) is 9.68 Å². The van der Waals surface area contributed by atoms with Gasteiger partial charge in [0.25, 0.3) is 0 Å². The number of hydrogen-bond acceptors (Lipinski definition) is 7. The predicted molar refractivity (Wildman–Crippen MR) is 136 cm³/mol. The Labute approximate surface area is 207 Å². The molecule has 9 heteroatoms. The molecule has 34 heavy (non-hydrogen) atoms. The number of unbranched alkanes of at least 4 members (excludes halogenated alkanes) is 14. The maximum Gasteiger partial charge on any atom is 0.477 e. The van der Waals surface area contributed by atoms with E-state index in [0.29, 0.717) is 6.42 Å². The quantitative estimate of drug-likeness (QED) is 0.106. The first-order valence-electron chi connectivity index (χ1n) is 13.6. The number of carbonyl (C=O) groups is 1. The molecule has 1 amide bonds. The zero-order valence-corrected chi connectivity index (χ0v) is 22.0. The molecule has 0 aliphatic heterocycles. The van der Waals surface area contributed by atoms with Crippen molar-refractivity contribution in [2.75, 3.05) is 33.0 Å². The number of hydrazine groups is 1. The van der Waals surface area contributed by atoms with E-state index < -0.39 is 0 Å². The van der Waals surface area contributed by atoms with E-state index in [1.165, 1.54) is 89.9 Å². The van der Waals surface area contributed by atoms with Gasteiger partial charge >= 0.3 is 5.09 Å². The second-order valence-corrected chi connectivity index (χ2v) is 8.51. The molecule has 0 atom stereocenters. The van der Waals surface area contributed by atoms with Crippen molar-refractivity contribution in [3.05, 3.63) is 4.91 Å². The van der Waals surface area contributed by atoms with Crippen LogP contribution in [0.15, 0.2) is 0 Å². The summed E-state index contributed by atoms with van der Waals surface area (Å²) in [6.07, 6.45) is 22.1. The highest BCUT2D eigenvalue weighted by molar-refractivity contribution is 5.75. The summed E-state index contributed by atoms with van der Waals surface area (Å²) in [6.45, 7) is 4.49. The Morgan fingerprint density at radius 1 is 0.676 bits per heavy atom. The van der Waals surface area contributed by atoms with Crippen LogP contribution in [0.1, 0.15) is 123 Å². The van der Waals surface area contributed by atoms with Crippen LogP contribution in [0.5, 0.6) is 0 Å². The Bertz CT molecular complexity index is 417. The Balaban J connectivity index is 0. The fourth-order valence-corrected chi connectivity index (χ4v) is 3.27. The summed E-state index contributed by atoms with van der Waals surface area (Å²) in [7, 11) is 0. The maximum absolute atomic E-state index is 11.5. The molecule has 0 saturated heterocycles. The van der Waals surface area contributed by atoms with E-state index in [4.69, 9.17) is 10.2 Å². The van der Waals surface area contributed by atoms with Gasteiger partial charge in [-0.15, -0.1) is 0 Å². The van der Waals surface area contributed by atoms with Gasteiger partial charge in [0.05, 0.1) is 13.2 Å². The highest BCUT2D eigenvalue weighted by Crippen LogP contribution is 2.13. The summed E-state index contributed by atoms with van der Waals surface area (Å²) < 4.78 is 0. The minimum Gasteiger partial charge on any atom is -0.393 e.